The normalized spacial score (nSPS) is 11.3. The van der Waals surface area contributed by atoms with E-state index in [0.717, 1.165) is 16.9 Å². The molecule has 0 saturated heterocycles. The van der Waals surface area contributed by atoms with Crippen LogP contribution >= 0.6 is 0 Å². The van der Waals surface area contributed by atoms with Crippen LogP contribution in [0.4, 0.5) is 5.69 Å². The molecular weight excluding hydrogens is 238 g/mol. The van der Waals surface area contributed by atoms with Crippen molar-refractivity contribution in [3.8, 4) is 5.69 Å². The Morgan fingerprint density at radius 3 is 2.32 bits per heavy atom. The molecule has 4 nitrogen and oxygen atoms in total. The second kappa shape index (κ2) is 4.61. The van der Waals surface area contributed by atoms with E-state index < -0.39 is 0 Å². The fourth-order valence-electron chi connectivity index (χ4n) is 2.64. The largest absolute Gasteiger partial charge is 0.393 e. The summed E-state index contributed by atoms with van der Waals surface area (Å²) in [6.07, 6.45) is 0. The summed E-state index contributed by atoms with van der Waals surface area (Å²) >= 11 is 0. The minimum Gasteiger partial charge on any atom is -0.393 e. The highest BCUT2D eigenvalue weighted by atomic mass is 16.1. The Labute approximate surface area is 113 Å². The van der Waals surface area contributed by atoms with Gasteiger partial charge in [-0.05, 0) is 31.4 Å². The van der Waals surface area contributed by atoms with Gasteiger partial charge in [0.25, 0.3) is 5.56 Å². The van der Waals surface area contributed by atoms with Gasteiger partial charge in [0, 0.05) is 7.05 Å². The molecule has 0 aliphatic heterocycles. The van der Waals surface area contributed by atoms with E-state index in [-0.39, 0.29) is 11.5 Å². The third-order valence-electron chi connectivity index (χ3n) is 3.47. The molecule has 2 N–H and O–H groups in total. The monoisotopic (exact) mass is 259 g/mol. The van der Waals surface area contributed by atoms with Crippen molar-refractivity contribution in [1.82, 2.24) is 9.36 Å². The SMILES string of the molecule is Cc1ccc(-n2c(=O)c(N)c(C(C)C)n2C)c(C)c1. The van der Waals surface area contributed by atoms with Crippen LogP contribution in [0, 0.1) is 13.8 Å². The predicted octanol–water partition coefficient (Wildman–Crippen LogP) is 2.50. The maximum absolute atomic E-state index is 12.4. The van der Waals surface area contributed by atoms with Gasteiger partial charge >= 0.3 is 0 Å². The molecule has 0 unspecified atom stereocenters. The van der Waals surface area contributed by atoms with Crippen molar-refractivity contribution in [2.24, 2.45) is 7.05 Å². The zero-order chi connectivity index (χ0) is 14.3. The molecule has 2 rings (SSSR count). The third kappa shape index (κ3) is 2.07. The van der Waals surface area contributed by atoms with Gasteiger partial charge in [0.05, 0.1) is 11.4 Å². The molecule has 102 valence electrons. The van der Waals surface area contributed by atoms with E-state index in [0.29, 0.717) is 5.69 Å². The van der Waals surface area contributed by atoms with Crippen LogP contribution in [0.2, 0.25) is 0 Å². The lowest BCUT2D eigenvalue weighted by atomic mass is 10.1. The lowest BCUT2D eigenvalue weighted by Gasteiger charge is -2.14. The number of aromatic nitrogens is 2. The van der Waals surface area contributed by atoms with Gasteiger partial charge < -0.3 is 5.73 Å². The van der Waals surface area contributed by atoms with Gasteiger partial charge in [-0.3, -0.25) is 9.48 Å². The molecule has 0 amide bonds. The number of anilines is 1. The maximum Gasteiger partial charge on any atom is 0.294 e. The van der Waals surface area contributed by atoms with E-state index in [1.165, 1.54) is 5.56 Å². The highest BCUT2D eigenvalue weighted by molar-refractivity contribution is 5.49. The summed E-state index contributed by atoms with van der Waals surface area (Å²) in [5.74, 6) is 0.213. The van der Waals surface area contributed by atoms with E-state index in [2.05, 4.69) is 6.07 Å². The molecule has 0 atom stereocenters. The third-order valence-corrected chi connectivity index (χ3v) is 3.47. The minimum atomic E-state index is -0.141. The number of nitrogens with zero attached hydrogens (tertiary/aromatic N) is 2. The molecular formula is C15H21N3O. The van der Waals surface area contributed by atoms with E-state index in [4.69, 9.17) is 5.73 Å². The molecule has 0 radical (unpaired) electrons. The zero-order valence-corrected chi connectivity index (χ0v) is 12.2. The van der Waals surface area contributed by atoms with Crippen molar-refractivity contribution >= 4 is 5.69 Å². The Hall–Kier alpha value is -1.97. The van der Waals surface area contributed by atoms with E-state index in [9.17, 15) is 4.79 Å². The van der Waals surface area contributed by atoms with Crippen LogP contribution in [0.1, 0.15) is 36.6 Å². The predicted molar refractivity (Wildman–Crippen MR) is 79.0 cm³/mol. The molecule has 1 aromatic heterocycles. The molecule has 0 saturated carbocycles. The van der Waals surface area contributed by atoms with Gasteiger partial charge in [0.2, 0.25) is 0 Å². The Balaban J connectivity index is 2.77. The average Bonchev–Trinajstić information content (AvgIpc) is 2.52. The number of nitrogens with two attached hydrogens (primary N) is 1. The van der Waals surface area contributed by atoms with Crippen LogP contribution in [0.15, 0.2) is 23.0 Å². The highest BCUT2D eigenvalue weighted by Crippen LogP contribution is 2.22. The first-order valence-corrected chi connectivity index (χ1v) is 6.49. The Bertz CT molecular complexity index is 677. The van der Waals surface area contributed by atoms with Crippen LogP contribution < -0.4 is 11.3 Å². The topological polar surface area (TPSA) is 52.9 Å². The minimum absolute atomic E-state index is 0.141. The summed E-state index contributed by atoms with van der Waals surface area (Å²) in [5.41, 5.74) is 10.2. The zero-order valence-electron chi connectivity index (χ0n) is 12.2. The van der Waals surface area contributed by atoms with Crippen LogP contribution in [0.3, 0.4) is 0 Å². The summed E-state index contributed by atoms with van der Waals surface area (Å²) in [6.45, 7) is 8.13. The van der Waals surface area contributed by atoms with Gasteiger partial charge in [-0.15, -0.1) is 0 Å². The van der Waals surface area contributed by atoms with Crippen molar-refractivity contribution < 1.29 is 0 Å². The van der Waals surface area contributed by atoms with Crippen LogP contribution in [-0.2, 0) is 7.05 Å². The molecule has 0 aliphatic rings. The van der Waals surface area contributed by atoms with Gasteiger partial charge in [0.1, 0.15) is 5.69 Å². The molecule has 4 heteroatoms. The molecule has 1 aromatic carbocycles. The van der Waals surface area contributed by atoms with E-state index in [1.54, 1.807) is 4.68 Å². The van der Waals surface area contributed by atoms with Crippen LogP contribution in [0.25, 0.3) is 5.69 Å². The molecule has 1 heterocycles. The second-order valence-electron chi connectivity index (χ2n) is 5.38. The van der Waals surface area contributed by atoms with E-state index >= 15 is 0 Å². The van der Waals surface area contributed by atoms with Crippen LogP contribution in [0.5, 0.6) is 0 Å². The Morgan fingerprint density at radius 2 is 1.84 bits per heavy atom. The fraction of sp³-hybridized carbons (Fsp3) is 0.400. The summed E-state index contributed by atoms with van der Waals surface area (Å²) in [4.78, 5) is 12.4. The summed E-state index contributed by atoms with van der Waals surface area (Å²) < 4.78 is 3.51. The molecule has 2 aromatic rings. The Morgan fingerprint density at radius 1 is 1.21 bits per heavy atom. The van der Waals surface area contributed by atoms with Crippen molar-refractivity contribution in [3.63, 3.8) is 0 Å². The summed E-state index contributed by atoms with van der Waals surface area (Å²) in [5, 5.41) is 0. The quantitative estimate of drug-likeness (QED) is 0.901. The van der Waals surface area contributed by atoms with Crippen molar-refractivity contribution in [3.05, 3.63) is 45.4 Å². The average molecular weight is 259 g/mol. The first-order chi connectivity index (χ1) is 8.84. The smallest absolute Gasteiger partial charge is 0.294 e. The van der Waals surface area contributed by atoms with Crippen molar-refractivity contribution in [2.75, 3.05) is 5.73 Å². The van der Waals surface area contributed by atoms with Crippen LogP contribution in [-0.4, -0.2) is 9.36 Å². The number of benzene rings is 1. The Kier molecular flexibility index (Phi) is 3.27. The van der Waals surface area contributed by atoms with Crippen molar-refractivity contribution in [2.45, 2.75) is 33.6 Å². The first-order valence-electron chi connectivity index (χ1n) is 6.49. The van der Waals surface area contributed by atoms with E-state index in [1.807, 2.05) is 51.6 Å². The maximum atomic E-state index is 12.4. The molecule has 0 bridgehead atoms. The number of aryl methyl sites for hydroxylation is 2. The number of nitrogen functional groups attached to an aromatic ring is 1. The molecule has 0 fully saturated rings. The second-order valence-corrected chi connectivity index (χ2v) is 5.38. The van der Waals surface area contributed by atoms with Crippen molar-refractivity contribution in [1.29, 1.82) is 0 Å². The fourth-order valence-corrected chi connectivity index (χ4v) is 2.64. The number of rotatable bonds is 2. The lowest BCUT2D eigenvalue weighted by molar-refractivity contribution is 0.593. The lowest BCUT2D eigenvalue weighted by Crippen LogP contribution is -2.21. The molecule has 19 heavy (non-hydrogen) atoms. The number of hydrogen-bond acceptors (Lipinski definition) is 2. The summed E-state index contributed by atoms with van der Waals surface area (Å²) in [6, 6.07) is 6.04. The molecule has 0 aliphatic carbocycles. The van der Waals surface area contributed by atoms with Gasteiger partial charge in [0.15, 0.2) is 0 Å². The highest BCUT2D eigenvalue weighted by Gasteiger charge is 2.19. The standard InChI is InChI=1S/C15H21N3O/c1-9(2)14-13(16)15(19)18(17(14)5)12-7-6-10(3)8-11(12)4/h6-9H,16H2,1-5H3. The first kappa shape index (κ1) is 13.5. The van der Waals surface area contributed by atoms with Gasteiger partial charge in [-0.1, -0.05) is 31.5 Å². The van der Waals surface area contributed by atoms with Gasteiger partial charge in [-0.2, -0.15) is 0 Å². The number of hydrogen-bond donors (Lipinski definition) is 1. The van der Waals surface area contributed by atoms with Gasteiger partial charge in [-0.25, -0.2) is 4.68 Å². The summed E-state index contributed by atoms with van der Waals surface area (Å²) in [7, 11) is 1.88. The molecule has 0 spiro atoms.